The van der Waals surface area contributed by atoms with Crippen molar-refractivity contribution in [3.8, 4) is 0 Å². The van der Waals surface area contributed by atoms with Gasteiger partial charge in [-0.2, -0.15) is 0 Å². The number of Topliss-reactive ketones (excluding diaryl/α,β-unsaturated/α-hetero) is 1. The van der Waals surface area contributed by atoms with E-state index in [0.29, 0.717) is 10.5 Å². The van der Waals surface area contributed by atoms with Gasteiger partial charge in [0.15, 0.2) is 0 Å². The molecule has 0 N–H and O–H groups in total. The highest BCUT2D eigenvalue weighted by Crippen LogP contribution is 2.32. The predicted molar refractivity (Wildman–Crippen MR) is 59.8 cm³/mol. The molecule has 1 amide bonds. The third-order valence-corrected chi connectivity index (χ3v) is 2.74. The molecule has 0 aromatic heterocycles. The maximum Gasteiger partial charge on any atom is 0.522 e. The van der Waals surface area contributed by atoms with Gasteiger partial charge >= 0.3 is 6.36 Å². The Morgan fingerprint density at radius 2 is 1.90 bits per heavy atom. The first-order valence-electron chi connectivity index (χ1n) is 5.58. The van der Waals surface area contributed by atoms with Gasteiger partial charge in [0.1, 0.15) is 5.82 Å². The van der Waals surface area contributed by atoms with Gasteiger partial charge in [-0.3, -0.25) is 19.2 Å². The van der Waals surface area contributed by atoms with E-state index in [9.17, 15) is 27.2 Å². The molecule has 8 heteroatoms. The largest absolute Gasteiger partial charge is 0.522 e. The van der Waals surface area contributed by atoms with E-state index >= 15 is 0 Å². The minimum Gasteiger partial charge on any atom is -0.300 e. The molecule has 0 spiro atoms. The first kappa shape index (κ1) is 14.4. The van der Waals surface area contributed by atoms with Crippen LogP contribution in [0.5, 0.6) is 0 Å². The van der Waals surface area contributed by atoms with Gasteiger partial charge in [0.05, 0.1) is 24.4 Å². The number of amides is 1. The second-order valence-electron chi connectivity index (χ2n) is 4.22. The molecule has 0 radical (unpaired) electrons. The van der Waals surface area contributed by atoms with Crippen molar-refractivity contribution in [3.05, 3.63) is 29.1 Å². The van der Waals surface area contributed by atoms with E-state index in [2.05, 4.69) is 4.74 Å². The maximum absolute atomic E-state index is 13.8. The topological polar surface area (TPSA) is 46.6 Å². The Morgan fingerprint density at radius 3 is 2.50 bits per heavy atom. The van der Waals surface area contributed by atoms with Crippen molar-refractivity contribution in [2.45, 2.75) is 13.3 Å². The van der Waals surface area contributed by atoms with Gasteiger partial charge in [-0.15, -0.1) is 13.2 Å². The summed E-state index contributed by atoms with van der Waals surface area (Å²) in [6, 6.07) is 2.42. The van der Waals surface area contributed by atoms with Crippen molar-refractivity contribution in [3.63, 3.8) is 0 Å². The molecule has 2 rings (SSSR count). The Kier molecular flexibility index (Phi) is 3.51. The lowest BCUT2D eigenvalue weighted by molar-refractivity contribution is -0.323. The maximum atomic E-state index is 13.8. The number of hydrogen-bond acceptors (Lipinski definition) is 3. The zero-order chi connectivity index (χ0) is 15.1. The van der Waals surface area contributed by atoms with Crippen LogP contribution in [0.2, 0.25) is 0 Å². The van der Waals surface area contributed by atoms with Crippen LogP contribution in [0, 0.1) is 12.7 Å². The summed E-state index contributed by atoms with van der Waals surface area (Å²) < 4.78 is 52.9. The standard InChI is InChI=1S/C12H9F4NO3/c1-6-4-7-9(8(13)5-6)17(11(19)10(7)18)2-3-20-12(14,15)16/h4-5H,2-3H2,1H3. The molecule has 0 aliphatic carbocycles. The van der Waals surface area contributed by atoms with Gasteiger partial charge in [-0.05, 0) is 24.6 Å². The average Bonchev–Trinajstić information content (AvgIpc) is 2.53. The number of ether oxygens (including phenoxy) is 1. The highest BCUT2D eigenvalue weighted by Gasteiger charge is 2.39. The van der Waals surface area contributed by atoms with Crippen LogP contribution in [-0.2, 0) is 9.53 Å². The number of ketones is 1. The number of aryl methyl sites for hydroxylation is 1. The number of rotatable bonds is 3. The molecule has 0 unspecified atom stereocenters. The number of carbonyl (C=O) groups excluding carboxylic acids is 2. The summed E-state index contributed by atoms with van der Waals surface area (Å²) in [5.74, 6) is -2.82. The van der Waals surface area contributed by atoms with E-state index in [1.54, 1.807) is 0 Å². The van der Waals surface area contributed by atoms with Crippen LogP contribution >= 0.6 is 0 Å². The number of carbonyl (C=O) groups is 2. The van der Waals surface area contributed by atoms with Crippen LogP contribution in [0.4, 0.5) is 23.2 Å². The summed E-state index contributed by atoms with van der Waals surface area (Å²) >= 11 is 0. The van der Waals surface area contributed by atoms with Gasteiger partial charge in [0.25, 0.3) is 11.7 Å². The first-order chi connectivity index (χ1) is 9.20. The minimum atomic E-state index is -4.85. The summed E-state index contributed by atoms with van der Waals surface area (Å²) in [5.41, 5.74) is 0.00618. The van der Waals surface area contributed by atoms with Gasteiger partial charge in [-0.1, -0.05) is 0 Å². The Hall–Kier alpha value is -1.96. The van der Waals surface area contributed by atoms with E-state index in [0.717, 1.165) is 6.07 Å². The molecule has 1 aliphatic rings. The number of fused-ring (bicyclic) bond motifs is 1. The van der Waals surface area contributed by atoms with Gasteiger partial charge < -0.3 is 0 Å². The molecule has 0 bridgehead atoms. The van der Waals surface area contributed by atoms with Gasteiger partial charge in [0.2, 0.25) is 0 Å². The summed E-state index contributed by atoms with van der Waals surface area (Å²) in [6.07, 6.45) is -4.85. The van der Waals surface area contributed by atoms with Crippen LogP contribution in [0.1, 0.15) is 15.9 Å². The Bertz CT molecular complexity index is 583. The second kappa shape index (κ2) is 4.86. The lowest BCUT2D eigenvalue weighted by Crippen LogP contribution is -2.34. The molecule has 20 heavy (non-hydrogen) atoms. The third-order valence-electron chi connectivity index (χ3n) is 2.74. The summed E-state index contributed by atoms with van der Waals surface area (Å²) in [7, 11) is 0. The number of anilines is 1. The Labute approximate surface area is 110 Å². The van der Waals surface area contributed by atoms with Crippen molar-refractivity contribution < 1.29 is 31.9 Å². The van der Waals surface area contributed by atoms with Crippen LogP contribution in [0.25, 0.3) is 0 Å². The van der Waals surface area contributed by atoms with E-state index in [4.69, 9.17) is 0 Å². The van der Waals surface area contributed by atoms with E-state index < -0.39 is 37.0 Å². The fourth-order valence-corrected chi connectivity index (χ4v) is 1.99. The predicted octanol–water partition coefficient (Wildman–Crippen LogP) is 2.20. The number of nitrogens with zero attached hydrogens (tertiary/aromatic N) is 1. The van der Waals surface area contributed by atoms with E-state index in [1.807, 2.05) is 0 Å². The normalized spacial score (nSPS) is 14.9. The average molecular weight is 291 g/mol. The van der Waals surface area contributed by atoms with E-state index in [-0.39, 0.29) is 11.3 Å². The molecule has 4 nitrogen and oxygen atoms in total. The molecule has 1 heterocycles. The fourth-order valence-electron chi connectivity index (χ4n) is 1.99. The molecule has 108 valence electrons. The van der Waals surface area contributed by atoms with Gasteiger partial charge in [0, 0.05) is 0 Å². The minimum absolute atomic E-state index is 0.139. The Morgan fingerprint density at radius 1 is 1.25 bits per heavy atom. The summed E-state index contributed by atoms with van der Waals surface area (Å²) in [4.78, 5) is 24.0. The number of benzene rings is 1. The van der Waals surface area contributed by atoms with Crippen molar-refractivity contribution in [2.75, 3.05) is 18.1 Å². The molecular formula is C12H9F4NO3. The van der Waals surface area contributed by atoms with Crippen LogP contribution in [0.3, 0.4) is 0 Å². The van der Waals surface area contributed by atoms with Crippen molar-refractivity contribution in [2.24, 2.45) is 0 Å². The Balaban J connectivity index is 2.25. The second-order valence-corrected chi connectivity index (χ2v) is 4.22. The lowest BCUT2D eigenvalue weighted by atomic mass is 10.1. The number of hydrogen-bond donors (Lipinski definition) is 0. The molecule has 1 aromatic rings. The zero-order valence-corrected chi connectivity index (χ0v) is 10.3. The first-order valence-corrected chi connectivity index (χ1v) is 5.58. The van der Waals surface area contributed by atoms with Crippen LogP contribution in [0.15, 0.2) is 12.1 Å². The SMILES string of the molecule is Cc1cc(F)c2c(c1)C(=O)C(=O)N2CCOC(F)(F)F. The summed E-state index contributed by atoms with van der Waals surface area (Å²) in [5, 5.41) is 0. The molecule has 1 aliphatic heterocycles. The van der Waals surface area contributed by atoms with Crippen LogP contribution in [-0.4, -0.2) is 31.2 Å². The lowest BCUT2D eigenvalue weighted by Gasteiger charge is -2.17. The van der Waals surface area contributed by atoms with E-state index in [1.165, 1.54) is 13.0 Å². The highest BCUT2D eigenvalue weighted by atomic mass is 19.4. The number of halogens is 4. The van der Waals surface area contributed by atoms with Crippen molar-refractivity contribution in [1.29, 1.82) is 0 Å². The zero-order valence-electron chi connectivity index (χ0n) is 10.3. The van der Waals surface area contributed by atoms with Crippen molar-refractivity contribution in [1.82, 2.24) is 0 Å². The monoisotopic (exact) mass is 291 g/mol. The van der Waals surface area contributed by atoms with Crippen LogP contribution < -0.4 is 4.90 Å². The smallest absolute Gasteiger partial charge is 0.300 e. The van der Waals surface area contributed by atoms with Gasteiger partial charge in [-0.25, -0.2) is 4.39 Å². The third kappa shape index (κ3) is 2.64. The van der Waals surface area contributed by atoms with Crippen molar-refractivity contribution >= 4 is 17.4 Å². The summed E-state index contributed by atoms with van der Waals surface area (Å²) in [6.45, 7) is 0.100. The molecule has 0 atom stereocenters. The molecule has 0 fully saturated rings. The molecule has 0 saturated carbocycles. The molecular weight excluding hydrogens is 282 g/mol. The number of alkyl halides is 3. The fraction of sp³-hybridized carbons (Fsp3) is 0.333. The molecule has 0 saturated heterocycles. The quantitative estimate of drug-likeness (QED) is 0.633. The molecule has 1 aromatic carbocycles. The highest BCUT2D eigenvalue weighted by molar-refractivity contribution is 6.52.